The molecule has 0 saturated carbocycles. The van der Waals surface area contributed by atoms with E-state index in [0.717, 1.165) is 16.1 Å². The Labute approximate surface area is 178 Å². The molecule has 0 radical (unpaired) electrons. The molecule has 2 aromatic carbocycles. The SMILES string of the molecule is CCOc1ccc(N([C@H](C)C(=O)N/N=C\c2ccc(C(C)C)cc2)S(C)(=O)=O)cc1. The van der Waals surface area contributed by atoms with Crippen LogP contribution in [0.3, 0.4) is 0 Å². The fourth-order valence-electron chi connectivity index (χ4n) is 2.90. The molecule has 1 amide bonds. The van der Waals surface area contributed by atoms with Gasteiger partial charge in [-0.2, -0.15) is 5.10 Å². The average Bonchev–Trinajstić information content (AvgIpc) is 2.69. The first-order valence-corrected chi connectivity index (χ1v) is 11.6. The maximum absolute atomic E-state index is 12.6. The maximum Gasteiger partial charge on any atom is 0.263 e. The van der Waals surface area contributed by atoms with E-state index >= 15 is 0 Å². The van der Waals surface area contributed by atoms with Crippen molar-refractivity contribution in [3.63, 3.8) is 0 Å². The second-order valence-corrected chi connectivity index (χ2v) is 9.08. The van der Waals surface area contributed by atoms with Crippen LogP contribution in [0.15, 0.2) is 53.6 Å². The van der Waals surface area contributed by atoms with Crippen molar-refractivity contribution in [2.75, 3.05) is 17.2 Å². The van der Waals surface area contributed by atoms with Gasteiger partial charge in [0.1, 0.15) is 11.8 Å². The molecule has 162 valence electrons. The van der Waals surface area contributed by atoms with Crippen LogP contribution in [0.1, 0.15) is 44.7 Å². The Morgan fingerprint density at radius 3 is 2.20 bits per heavy atom. The highest BCUT2D eigenvalue weighted by atomic mass is 32.2. The molecule has 0 spiro atoms. The van der Waals surface area contributed by atoms with Gasteiger partial charge in [0.15, 0.2) is 0 Å². The number of hydrogen-bond acceptors (Lipinski definition) is 5. The van der Waals surface area contributed by atoms with Crippen LogP contribution < -0.4 is 14.5 Å². The molecule has 0 aliphatic rings. The van der Waals surface area contributed by atoms with Gasteiger partial charge < -0.3 is 4.74 Å². The summed E-state index contributed by atoms with van der Waals surface area (Å²) in [7, 11) is -3.70. The van der Waals surface area contributed by atoms with Gasteiger partial charge in [-0.05, 0) is 55.2 Å². The van der Waals surface area contributed by atoms with Gasteiger partial charge in [0, 0.05) is 0 Å². The normalized spacial score (nSPS) is 12.7. The molecule has 2 rings (SSSR count). The third-order valence-electron chi connectivity index (χ3n) is 4.48. The summed E-state index contributed by atoms with van der Waals surface area (Å²) >= 11 is 0. The summed E-state index contributed by atoms with van der Waals surface area (Å²) in [6.45, 7) is 8.11. The number of nitrogens with one attached hydrogen (secondary N) is 1. The minimum Gasteiger partial charge on any atom is -0.494 e. The third kappa shape index (κ3) is 6.32. The number of anilines is 1. The van der Waals surface area contributed by atoms with Crippen molar-refractivity contribution in [2.45, 2.75) is 39.7 Å². The first-order valence-electron chi connectivity index (χ1n) is 9.78. The fraction of sp³-hybridized carbons (Fsp3) is 0.364. The van der Waals surface area contributed by atoms with Gasteiger partial charge in [-0.3, -0.25) is 9.10 Å². The van der Waals surface area contributed by atoms with Crippen LogP contribution in [-0.4, -0.2) is 39.4 Å². The van der Waals surface area contributed by atoms with Gasteiger partial charge in [-0.25, -0.2) is 13.8 Å². The van der Waals surface area contributed by atoms with Crippen molar-refractivity contribution in [1.29, 1.82) is 0 Å². The van der Waals surface area contributed by atoms with Gasteiger partial charge in [-0.1, -0.05) is 38.1 Å². The molecular formula is C22H29N3O4S. The highest BCUT2D eigenvalue weighted by Crippen LogP contribution is 2.24. The molecule has 30 heavy (non-hydrogen) atoms. The largest absolute Gasteiger partial charge is 0.494 e. The molecule has 0 unspecified atom stereocenters. The summed E-state index contributed by atoms with van der Waals surface area (Å²) in [5.74, 6) is 0.519. The number of carbonyl (C=O) groups is 1. The van der Waals surface area contributed by atoms with E-state index in [1.807, 2.05) is 31.2 Å². The Kier molecular flexibility index (Phi) is 8.00. The first kappa shape index (κ1) is 23.4. The Hall–Kier alpha value is -2.87. The number of ether oxygens (including phenoxy) is 1. The van der Waals surface area contributed by atoms with Crippen molar-refractivity contribution < 1.29 is 17.9 Å². The number of benzene rings is 2. The van der Waals surface area contributed by atoms with Gasteiger partial charge in [0.25, 0.3) is 5.91 Å². The number of carbonyl (C=O) groups excluding carboxylic acids is 1. The average molecular weight is 432 g/mol. The second kappa shape index (κ2) is 10.2. The van der Waals surface area contributed by atoms with E-state index in [0.29, 0.717) is 24.0 Å². The minimum atomic E-state index is -3.70. The van der Waals surface area contributed by atoms with Crippen LogP contribution in [0.4, 0.5) is 5.69 Å². The standard InChI is InChI=1S/C22H29N3O4S/c1-6-29-21-13-11-20(12-14-21)25(30(5,27)28)17(4)22(26)24-23-15-18-7-9-19(10-8-18)16(2)3/h7-17H,6H2,1-5H3,(H,24,26)/b23-15-/t17-/m1/s1. The van der Waals surface area contributed by atoms with Crippen LogP contribution in [0.25, 0.3) is 0 Å². The fourth-order valence-corrected chi connectivity index (χ4v) is 4.07. The number of sulfonamides is 1. The van der Waals surface area contributed by atoms with Crippen molar-refractivity contribution in [2.24, 2.45) is 5.10 Å². The van der Waals surface area contributed by atoms with Crippen LogP contribution in [-0.2, 0) is 14.8 Å². The van der Waals surface area contributed by atoms with E-state index in [1.54, 1.807) is 24.3 Å². The summed E-state index contributed by atoms with van der Waals surface area (Å²) in [4.78, 5) is 12.6. The molecular weight excluding hydrogens is 402 g/mol. The Morgan fingerprint density at radius 2 is 1.70 bits per heavy atom. The Morgan fingerprint density at radius 1 is 1.10 bits per heavy atom. The van der Waals surface area contributed by atoms with Crippen LogP contribution >= 0.6 is 0 Å². The van der Waals surface area contributed by atoms with E-state index < -0.39 is 22.0 Å². The Bertz CT molecular complexity index is 968. The monoisotopic (exact) mass is 431 g/mol. The van der Waals surface area contributed by atoms with Crippen molar-refractivity contribution in [1.82, 2.24) is 5.43 Å². The molecule has 0 heterocycles. The van der Waals surface area contributed by atoms with Gasteiger partial charge in [0.2, 0.25) is 10.0 Å². The molecule has 0 aliphatic heterocycles. The first-order chi connectivity index (χ1) is 14.1. The minimum absolute atomic E-state index is 0.372. The van der Waals surface area contributed by atoms with E-state index in [-0.39, 0.29) is 0 Å². The van der Waals surface area contributed by atoms with Gasteiger partial charge in [-0.15, -0.1) is 0 Å². The van der Waals surface area contributed by atoms with Crippen molar-refractivity contribution in [3.05, 3.63) is 59.7 Å². The lowest BCUT2D eigenvalue weighted by molar-refractivity contribution is -0.121. The molecule has 1 atom stereocenters. The predicted octanol–water partition coefficient (Wildman–Crippen LogP) is 3.51. The Balaban J connectivity index is 2.11. The van der Waals surface area contributed by atoms with Crippen molar-refractivity contribution in [3.8, 4) is 5.75 Å². The van der Waals surface area contributed by atoms with E-state index in [2.05, 4.69) is 24.4 Å². The van der Waals surface area contributed by atoms with E-state index in [9.17, 15) is 13.2 Å². The highest BCUT2D eigenvalue weighted by molar-refractivity contribution is 7.92. The van der Waals surface area contributed by atoms with E-state index in [4.69, 9.17) is 4.74 Å². The second-order valence-electron chi connectivity index (χ2n) is 7.22. The zero-order chi connectivity index (χ0) is 22.3. The molecule has 0 saturated heterocycles. The number of nitrogens with zero attached hydrogens (tertiary/aromatic N) is 2. The molecule has 0 fully saturated rings. The maximum atomic E-state index is 12.6. The molecule has 0 bridgehead atoms. The summed E-state index contributed by atoms with van der Waals surface area (Å²) in [6.07, 6.45) is 2.59. The lowest BCUT2D eigenvalue weighted by Gasteiger charge is -2.27. The summed E-state index contributed by atoms with van der Waals surface area (Å²) in [5.41, 5.74) is 4.84. The lowest BCUT2D eigenvalue weighted by atomic mass is 10.0. The van der Waals surface area contributed by atoms with Crippen LogP contribution in [0.2, 0.25) is 0 Å². The zero-order valence-corrected chi connectivity index (χ0v) is 18.8. The van der Waals surface area contributed by atoms with Crippen molar-refractivity contribution >= 4 is 27.8 Å². The van der Waals surface area contributed by atoms with Crippen LogP contribution in [0.5, 0.6) is 5.75 Å². The highest BCUT2D eigenvalue weighted by Gasteiger charge is 2.29. The summed E-state index contributed by atoms with van der Waals surface area (Å²) in [5, 5.41) is 3.97. The number of hydrazone groups is 1. The lowest BCUT2D eigenvalue weighted by Crippen LogP contribution is -2.46. The molecule has 2 aromatic rings. The third-order valence-corrected chi connectivity index (χ3v) is 5.72. The topological polar surface area (TPSA) is 88.1 Å². The molecule has 0 aliphatic carbocycles. The zero-order valence-electron chi connectivity index (χ0n) is 18.0. The van der Waals surface area contributed by atoms with E-state index in [1.165, 1.54) is 18.7 Å². The van der Waals surface area contributed by atoms with Gasteiger partial charge >= 0.3 is 0 Å². The predicted molar refractivity (Wildman–Crippen MR) is 121 cm³/mol. The van der Waals surface area contributed by atoms with Crippen LogP contribution in [0, 0.1) is 0 Å². The molecule has 7 nitrogen and oxygen atoms in total. The number of amides is 1. The quantitative estimate of drug-likeness (QED) is 0.486. The summed E-state index contributed by atoms with van der Waals surface area (Å²) < 4.78 is 31.1. The number of hydrogen-bond donors (Lipinski definition) is 1. The number of rotatable bonds is 9. The molecule has 1 N–H and O–H groups in total. The smallest absolute Gasteiger partial charge is 0.263 e. The summed E-state index contributed by atoms with van der Waals surface area (Å²) in [6, 6.07) is 13.4. The molecule has 8 heteroatoms. The molecule has 0 aromatic heterocycles. The van der Waals surface area contributed by atoms with Gasteiger partial charge in [0.05, 0.1) is 24.8 Å².